The summed E-state index contributed by atoms with van der Waals surface area (Å²) < 4.78 is 53.3. The van der Waals surface area contributed by atoms with E-state index < -0.39 is 48.5 Å². The zero-order chi connectivity index (χ0) is 25.1. The number of hydrogen-bond donors (Lipinski definition) is 6. The molecule has 0 spiro atoms. The van der Waals surface area contributed by atoms with Gasteiger partial charge in [0.25, 0.3) is 0 Å². The molecule has 5 atom stereocenters. The van der Waals surface area contributed by atoms with Crippen LogP contribution in [-0.4, -0.2) is 64.5 Å². The Morgan fingerprint density at radius 1 is 1.21 bits per heavy atom. The van der Waals surface area contributed by atoms with E-state index >= 15 is 0 Å². The fourth-order valence-corrected chi connectivity index (χ4v) is 6.03. The van der Waals surface area contributed by atoms with Crippen LogP contribution in [-0.2, 0) is 36.4 Å². The van der Waals surface area contributed by atoms with E-state index in [1.165, 1.54) is 12.7 Å². The van der Waals surface area contributed by atoms with Gasteiger partial charge in [-0.25, -0.2) is 34.5 Å². The third-order valence-corrected chi connectivity index (χ3v) is 8.06. The molecule has 1 aliphatic rings. The topological polar surface area (TPSA) is 260 Å². The third kappa shape index (κ3) is 6.96. The number of nitrogens with zero attached hydrogens (tertiary/aromatic N) is 4. The number of nitrogens with one attached hydrogen (secondary N) is 1. The largest absolute Gasteiger partial charge is 0.490 e. The lowest BCUT2D eigenvalue weighted by Crippen LogP contribution is -2.31. The maximum Gasteiger partial charge on any atom is 0.490 e. The van der Waals surface area contributed by atoms with Crippen molar-refractivity contribution in [1.29, 1.82) is 0 Å². The first-order valence-corrected chi connectivity index (χ1v) is 13.7. The van der Waals surface area contributed by atoms with Crippen molar-refractivity contribution in [3.8, 4) is 0 Å². The predicted molar refractivity (Wildman–Crippen MR) is 111 cm³/mol. The molecule has 2 aromatic rings. The molecule has 18 nitrogen and oxygen atoms in total. The molecule has 0 radical (unpaired) electrons. The average molecular weight is 546 g/mol. The van der Waals surface area contributed by atoms with Gasteiger partial charge in [0.05, 0.1) is 12.9 Å². The van der Waals surface area contributed by atoms with Gasteiger partial charge in [0.2, 0.25) is 0 Å². The molecule has 1 fully saturated rings. The van der Waals surface area contributed by atoms with E-state index in [9.17, 15) is 23.5 Å². The Labute approximate surface area is 191 Å². The molecule has 190 valence electrons. The van der Waals surface area contributed by atoms with Crippen LogP contribution in [0, 0.1) is 0 Å². The first-order chi connectivity index (χ1) is 15.8. The van der Waals surface area contributed by atoms with E-state index in [-0.39, 0.29) is 6.42 Å². The van der Waals surface area contributed by atoms with Gasteiger partial charge in [0.15, 0.2) is 17.0 Å². The zero-order valence-electron chi connectivity index (χ0n) is 17.1. The van der Waals surface area contributed by atoms with Gasteiger partial charge < -0.3 is 29.6 Å². The number of fused-ring (bicyclic) bond motifs is 1. The Morgan fingerprint density at radius 3 is 2.59 bits per heavy atom. The number of ether oxygens (including phenoxy) is 1. The van der Waals surface area contributed by atoms with Gasteiger partial charge in [-0.3, -0.25) is 13.9 Å². The number of rotatable bonds is 12. The monoisotopic (exact) mass is 546 g/mol. The number of nitrogens with two attached hydrogens (primary N) is 1. The smallest absolute Gasteiger partial charge is 0.365 e. The van der Waals surface area contributed by atoms with Gasteiger partial charge in [-0.2, -0.15) is 8.62 Å². The minimum atomic E-state index is -5.65. The van der Waals surface area contributed by atoms with Gasteiger partial charge in [-0.1, -0.05) is 6.08 Å². The van der Waals surface area contributed by atoms with E-state index in [0.717, 1.165) is 0 Å². The molecule has 3 heterocycles. The number of imidazole rings is 1. The van der Waals surface area contributed by atoms with Crippen LogP contribution in [0.5, 0.6) is 0 Å². The lowest BCUT2D eigenvalue weighted by molar-refractivity contribution is -0.0600. The van der Waals surface area contributed by atoms with Crippen LogP contribution in [0.3, 0.4) is 0 Å². The summed E-state index contributed by atoms with van der Waals surface area (Å²) >= 11 is 0. The molecule has 2 unspecified atom stereocenters. The first kappa shape index (κ1) is 27.0. The van der Waals surface area contributed by atoms with Crippen LogP contribution in [0.4, 0.5) is 5.82 Å². The number of phosphoric ester groups is 1. The van der Waals surface area contributed by atoms with Gasteiger partial charge in [0.1, 0.15) is 24.8 Å². The molecule has 7 N–H and O–H groups in total. The van der Waals surface area contributed by atoms with Gasteiger partial charge in [0, 0.05) is 13.0 Å². The summed E-state index contributed by atoms with van der Waals surface area (Å²) in [6.07, 6.45) is 1.82. The fraction of sp³-hybridized carbons (Fsp3) is 0.462. The Hall–Kier alpha value is -1.62. The second-order valence-corrected chi connectivity index (χ2v) is 11.1. The molecule has 21 heteroatoms. The molecule has 34 heavy (non-hydrogen) atoms. The van der Waals surface area contributed by atoms with Crippen molar-refractivity contribution < 1.29 is 56.0 Å². The summed E-state index contributed by atoms with van der Waals surface area (Å²) in [5.74, 6) is 5.74. The SMILES string of the molecule is C=CCNc1ncnc2c1ncn2[C@H]1C[C@@H](ON)[C@@H](COP(=O)(O)OP(=O)(O)OP(=O)(O)O)O1. The summed E-state index contributed by atoms with van der Waals surface area (Å²) in [5, 5.41) is 3.01. The Kier molecular flexibility index (Phi) is 8.38. The number of phosphoric acid groups is 3. The molecule has 0 saturated carbocycles. The van der Waals surface area contributed by atoms with Gasteiger partial charge in [-0.15, -0.1) is 6.58 Å². The summed E-state index contributed by atoms with van der Waals surface area (Å²) in [6, 6.07) is 0. The average Bonchev–Trinajstić information content (AvgIpc) is 3.31. The lowest BCUT2D eigenvalue weighted by Gasteiger charge is -2.20. The molecular weight excluding hydrogens is 525 g/mol. The van der Waals surface area contributed by atoms with Crippen molar-refractivity contribution >= 4 is 40.4 Å². The number of aromatic nitrogens is 4. The van der Waals surface area contributed by atoms with Crippen molar-refractivity contribution in [2.75, 3.05) is 18.5 Å². The Bertz CT molecular complexity index is 1170. The second kappa shape index (κ2) is 10.6. The predicted octanol–water partition coefficient (Wildman–Crippen LogP) is 0.314. The van der Waals surface area contributed by atoms with E-state index in [1.807, 2.05) is 0 Å². The van der Waals surface area contributed by atoms with Crippen LogP contribution in [0.2, 0.25) is 0 Å². The highest BCUT2D eigenvalue weighted by Crippen LogP contribution is 2.66. The number of hydrogen-bond acceptors (Lipinski definition) is 13. The zero-order valence-corrected chi connectivity index (χ0v) is 19.7. The third-order valence-electron chi connectivity index (χ3n) is 4.26. The van der Waals surface area contributed by atoms with Gasteiger partial charge >= 0.3 is 23.5 Å². The quantitative estimate of drug-likeness (QED) is 0.119. The number of anilines is 1. The normalized spacial score (nSPS) is 24.6. The van der Waals surface area contributed by atoms with Crippen molar-refractivity contribution in [1.82, 2.24) is 19.5 Å². The fourth-order valence-electron chi connectivity index (χ4n) is 3.00. The summed E-state index contributed by atoms with van der Waals surface area (Å²) in [7, 11) is -16.5. The second-order valence-electron chi connectivity index (χ2n) is 6.64. The molecule has 0 bridgehead atoms. The molecule has 1 aliphatic heterocycles. The molecule has 0 amide bonds. The molecular formula is C13H21N6O12P3. The van der Waals surface area contributed by atoms with E-state index in [2.05, 4.69) is 40.0 Å². The molecule has 0 aromatic carbocycles. The van der Waals surface area contributed by atoms with Crippen LogP contribution >= 0.6 is 23.5 Å². The van der Waals surface area contributed by atoms with Crippen molar-refractivity contribution in [2.45, 2.75) is 24.9 Å². The van der Waals surface area contributed by atoms with Crippen LogP contribution in [0.15, 0.2) is 25.3 Å². The maximum atomic E-state index is 11.9. The standard InChI is InChI=1S/C13H21N6O12P3/c1-2-3-15-12-11-13(17-6-16-12)19(7-18-11)10-4-8(29-14)9(28-10)5-27-33(23,24)31-34(25,26)30-32(20,21)22/h2,6-10H,1,3-5,14H2,(H,23,24)(H,25,26)(H,15,16,17)(H2,20,21,22)/t8-,9-,10-/m1/s1. The summed E-state index contributed by atoms with van der Waals surface area (Å²) in [5.41, 5.74) is 0.839. The van der Waals surface area contributed by atoms with Crippen molar-refractivity contribution in [3.63, 3.8) is 0 Å². The first-order valence-electron chi connectivity index (χ1n) is 9.16. The highest BCUT2D eigenvalue weighted by molar-refractivity contribution is 7.66. The van der Waals surface area contributed by atoms with Crippen LogP contribution in [0.25, 0.3) is 11.2 Å². The maximum absolute atomic E-state index is 11.9. The molecule has 0 aliphatic carbocycles. The molecule has 2 aromatic heterocycles. The van der Waals surface area contributed by atoms with E-state index in [0.29, 0.717) is 23.5 Å². The lowest BCUT2D eigenvalue weighted by atomic mass is 10.2. The highest BCUT2D eigenvalue weighted by atomic mass is 31.3. The minimum absolute atomic E-state index is 0.131. The minimum Gasteiger partial charge on any atom is -0.365 e. The summed E-state index contributed by atoms with van der Waals surface area (Å²) in [4.78, 5) is 53.4. The highest BCUT2D eigenvalue weighted by Gasteiger charge is 2.43. The molecule has 3 rings (SSSR count). The van der Waals surface area contributed by atoms with Crippen molar-refractivity contribution in [2.24, 2.45) is 5.90 Å². The van der Waals surface area contributed by atoms with Gasteiger partial charge in [-0.05, 0) is 0 Å². The molecule has 1 saturated heterocycles. The van der Waals surface area contributed by atoms with Crippen LogP contribution in [0.1, 0.15) is 12.6 Å². The Balaban J connectivity index is 1.69. The van der Waals surface area contributed by atoms with Crippen LogP contribution < -0.4 is 11.2 Å². The summed E-state index contributed by atoms with van der Waals surface area (Å²) in [6.45, 7) is 3.32. The Morgan fingerprint density at radius 2 is 1.94 bits per heavy atom. The van der Waals surface area contributed by atoms with Crippen molar-refractivity contribution in [3.05, 3.63) is 25.3 Å². The van der Waals surface area contributed by atoms with E-state index in [1.54, 1.807) is 10.6 Å². The van der Waals surface area contributed by atoms with E-state index in [4.69, 9.17) is 25.3 Å².